The van der Waals surface area contributed by atoms with E-state index in [9.17, 15) is 30.8 Å². The van der Waals surface area contributed by atoms with Crippen molar-refractivity contribution in [2.75, 3.05) is 18.1 Å². The molecule has 14 heteroatoms. The first kappa shape index (κ1) is 23.2. The third-order valence-electron chi connectivity index (χ3n) is 4.57. The molecule has 1 amide bonds. The van der Waals surface area contributed by atoms with E-state index < -0.39 is 45.2 Å². The fourth-order valence-electron chi connectivity index (χ4n) is 3.01. The lowest BCUT2D eigenvalue weighted by molar-refractivity contribution is -0.274. The average molecular weight is 475 g/mol. The molecule has 9 nitrogen and oxygen atoms in total. The van der Waals surface area contributed by atoms with E-state index in [1.54, 1.807) is 0 Å². The summed E-state index contributed by atoms with van der Waals surface area (Å²) in [6, 6.07) is 5.36. The molecule has 0 radical (unpaired) electrons. The molecule has 1 atom stereocenters. The largest absolute Gasteiger partial charge is 0.573 e. The molecular formula is C18H17F4N5O4S. The van der Waals surface area contributed by atoms with Crippen molar-refractivity contribution in [1.29, 1.82) is 0 Å². The molecule has 172 valence electrons. The van der Waals surface area contributed by atoms with Crippen LogP contribution in [0.4, 0.5) is 23.2 Å². The zero-order valence-corrected chi connectivity index (χ0v) is 17.5. The van der Waals surface area contributed by atoms with Crippen LogP contribution in [-0.2, 0) is 15.6 Å². The van der Waals surface area contributed by atoms with E-state index in [-0.39, 0.29) is 22.9 Å². The molecule has 3 N–H and O–H groups in total. The minimum Gasteiger partial charge on any atom is -0.404 e. The minimum absolute atomic E-state index is 0.0788. The van der Waals surface area contributed by atoms with Crippen molar-refractivity contribution in [1.82, 2.24) is 9.29 Å². The number of nitrogens with two attached hydrogens (primary N) is 1. The van der Waals surface area contributed by atoms with E-state index in [0.29, 0.717) is 0 Å². The predicted octanol–water partition coefficient (Wildman–Crippen LogP) is 2.18. The molecule has 3 rings (SSSR count). The van der Waals surface area contributed by atoms with Crippen molar-refractivity contribution < 1.29 is 35.5 Å². The van der Waals surface area contributed by atoms with Crippen LogP contribution in [0.5, 0.6) is 5.75 Å². The Kier molecular flexibility index (Phi) is 5.76. The fourth-order valence-corrected chi connectivity index (χ4v) is 4.46. The van der Waals surface area contributed by atoms with Crippen molar-refractivity contribution in [3.8, 4) is 5.75 Å². The van der Waals surface area contributed by atoms with Gasteiger partial charge in [0, 0.05) is 18.3 Å². The summed E-state index contributed by atoms with van der Waals surface area (Å²) >= 11 is 0. The molecule has 1 aliphatic rings. The van der Waals surface area contributed by atoms with Crippen LogP contribution in [0.25, 0.3) is 0 Å². The second-order valence-electron chi connectivity index (χ2n) is 7.04. The van der Waals surface area contributed by atoms with E-state index in [1.807, 2.05) is 0 Å². The number of nitrogens with one attached hydrogen (secondary N) is 1. The monoisotopic (exact) mass is 475 g/mol. The van der Waals surface area contributed by atoms with Crippen molar-refractivity contribution in [2.24, 2.45) is 10.7 Å². The Morgan fingerprint density at radius 2 is 1.97 bits per heavy atom. The summed E-state index contributed by atoms with van der Waals surface area (Å²) in [5.74, 6) is -3.06. The molecule has 0 saturated carbocycles. The van der Waals surface area contributed by atoms with E-state index in [2.05, 4.69) is 20.0 Å². The van der Waals surface area contributed by atoms with Gasteiger partial charge in [0.25, 0.3) is 5.91 Å². The van der Waals surface area contributed by atoms with Crippen LogP contribution in [0.1, 0.15) is 23.0 Å². The number of pyridine rings is 1. The Balaban J connectivity index is 1.86. The number of carbonyl (C=O) groups is 1. The van der Waals surface area contributed by atoms with Gasteiger partial charge in [-0.3, -0.25) is 4.79 Å². The predicted molar refractivity (Wildman–Crippen MR) is 106 cm³/mol. The van der Waals surface area contributed by atoms with Crippen molar-refractivity contribution in [2.45, 2.75) is 18.8 Å². The summed E-state index contributed by atoms with van der Waals surface area (Å²) in [5.41, 5.74) is 3.83. The molecule has 0 saturated heterocycles. The number of guanidine groups is 1. The summed E-state index contributed by atoms with van der Waals surface area (Å²) < 4.78 is 80.4. The number of aliphatic imine (C=N–C) groups is 1. The van der Waals surface area contributed by atoms with Gasteiger partial charge in [-0.15, -0.1) is 13.2 Å². The summed E-state index contributed by atoms with van der Waals surface area (Å²) in [6.07, 6.45) is -4.18. The second-order valence-corrected chi connectivity index (χ2v) is 9.04. The van der Waals surface area contributed by atoms with E-state index in [1.165, 1.54) is 26.1 Å². The second kappa shape index (κ2) is 7.93. The molecule has 1 aromatic heterocycles. The van der Waals surface area contributed by atoms with Crippen LogP contribution < -0.4 is 15.8 Å². The normalized spacial score (nSPS) is 20.4. The maximum Gasteiger partial charge on any atom is 0.573 e. The Morgan fingerprint density at radius 1 is 1.28 bits per heavy atom. The fraction of sp³-hybridized carbons (Fsp3) is 0.278. The highest BCUT2D eigenvalue weighted by atomic mass is 32.2. The number of anilines is 1. The van der Waals surface area contributed by atoms with E-state index in [0.717, 1.165) is 28.7 Å². The summed E-state index contributed by atoms with van der Waals surface area (Å²) in [6.45, 7) is 1.38. The van der Waals surface area contributed by atoms with E-state index >= 15 is 0 Å². The van der Waals surface area contributed by atoms with Gasteiger partial charge < -0.3 is 15.8 Å². The summed E-state index contributed by atoms with van der Waals surface area (Å²) in [5, 5.41) is 2.42. The molecule has 1 aliphatic heterocycles. The minimum atomic E-state index is -4.90. The molecule has 2 aromatic rings. The van der Waals surface area contributed by atoms with Gasteiger partial charge >= 0.3 is 6.36 Å². The first-order valence-electron chi connectivity index (χ1n) is 8.85. The Bertz CT molecular complexity index is 1180. The molecular weight excluding hydrogens is 458 g/mol. The van der Waals surface area contributed by atoms with Crippen LogP contribution in [0, 0.1) is 5.82 Å². The lowest BCUT2D eigenvalue weighted by Crippen LogP contribution is -2.50. The topological polar surface area (TPSA) is 127 Å². The molecule has 1 unspecified atom stereocenters. The number of aromatic nitrogens is 1. The number of benzene rings is 1. The van der Waals surface area contributed by atoms with Crippen molar-refractivity contribution >= 4 is 27.6 Å². The lowest BCUT2D eigenvalue weighted by atomic mass is 9.93. The highest BCUT2D eigenvalue weighted by molar-refractivity contribution is 7.89. The third-order valence-corrected chi connectivity index (χ3v) is 6.52. The van der Waals surface area contributed by atoms with Gasteiger partial charge in [-0.2, -0.15) is 0 Å². The van der Waals surface area contributed by atoms with Crippen molar-refractivity contribution in [3.63, 3.8) is 0 Å². The highest BCUT2D eigenvalue weighted by Crippen LogP contribution is 2.34. The van der Waals surface area contributed by atoms with Gasteiger partial charge in [0.15, 0.2) is 0 Å². The SMILES string of the molecule is CN1C(N)=NC(C)(c2cc(NC(=O)c3ccc(OC(F)(F)F)cn3)ccc2F)CS1(=O)=O. The van der Waals surface area contributed by atoms with Crippen LogP contribution in [0.2, 0.25) is 0 Å². The molecule has 1 aromatic carbocycles. The van der Waals surface area contributed by atoms with Crippen LogP contribution >= 0.6 is 0 Å². The lowest BCUT2D eigenvalue weighted by Gasteiger charge is -2.34. The van der Waals surface area contributed by atoms with Gasteiger partial charge in [-0.25, -0.2) is 27.1 Å². The number of carbonyl (C=O) groups excluding carboxylic acids is 1. The van der Waals surface area contributed by atoms with Gasteiger partial charge in [-0.1, -0.05) is 0 Å². The first-order chi connectivity index (χ1) is 14.7. The standard InChI is InChI=1S/C18H17F4N5O4S/c1-17(9-32(29,30)27(2)16(23)26-17)12-7-10(3-5-13(12)19)25-15(28)14-6-4-11(8-24-14)31-18(20,21)22/h3-8H,9H2,1-2H3,(H2,23,26)(H,25,28). The van der Waals surface area contributed by atoms with Gasteiger partial charge in [0.05, 0.1) is 11.9 Å². The molecule has 0 aliphatic carbocycles. The molecule has 32 heavy (non-hydrogen) atoms. The Hall–Kier alpha value is -3.42. The van der Waals surface area contributed by atoms with E-state index in [4.69, 9.17) is 5.73 Å². The van der Waals surface area contributed by atoms with Gasteiger partial charge in [0.2, 0.25) is 16.0 Å². The highest BCUT2D eigenvalue weighted by Gasteiger charge is 2.41. The number of hydrogen-bond donors (Lipinski definition) is 2. The maximum atomic E-state index is 14.6. The zero-order valence-electron chi connectivity index (χ0n) is 16.6. The molecule has 0 fully saturated rings. The number of amides is 1. The number of halogens is 4. The molecule has 2 heterocycles. The molecule has 0 bridgehead atoms. The van der Waals surface area contributed by atoms with Crippen LogP contribution in [0.3, 0.4) is 0 Å². The van der Waals surface area contributed by atoms with Gasteiger partial charge in [-0.05, 0) is 37.3 Å². The average Bonchev–Trinajstić information content (AvgIpc) is 2.66. The van der Waals surface area contributed by atoms with Crippen LogP contribution in [-0.4, -0.2) is 48.7 Å². The summed E-state index contributed by atoms with van der Waals surface area (Å²) in [7, 11) is -2.64. The number of ether oxygens (including phenoxy) is 1. The maximum absolute atomic E-state index is 14.6. The molecule has 0 spiro atoms. The Morgan fingerprint density at radius 3 is 2.53 bits per heavy atom. The van der Waals surface area contributed by atoms with Crippen LogP contribution in [0.15, 0.2) is 41.5 Å². The van der Waals surface area contributed by atoms with Crippen molar-refractivity contribution in [3.05, 3.63) is 53.6 Å². The number of alkyl halides is 3. The first-order valence-corrected chi connectivity index (χ1v) is 10.5. The van der Waals surface area contributed by atoms with Gasteiger partial charge in [0.1, 0.15) is 22.8 Å². The number of rotatable bonds is 4. The number of sulfonamides is 1. The third kappa shape index (κ3) is 4.90. The number of nitrogens with zero attached hydrogens (tertiary/aromatic N) is 3. The smallest absolute Gasteiger partial charge is 0.404 e. The quantitative estimate of drug-likeness (QED) is 0.653. The summed E-state index contributed by atoms with van der Waals surface area (Å²) in [4.78, 5) is 20.1. The Labute approximate surface area is 179 Å². The number of hydrogen-bond acceptors (Lipinski definition) is 7. The zero-order chi connectivity index (χ0) is 23.9.